The molecule has 3 nitrogen and oxygen atoms in total. The summed E-state index contributed by atoms with van der Waals surface area (Å²) in [7, 11) is 0. The second-order valence-electron chi connectivity index (χ2n) is 6.58. The lowest BCUT2D eigenvalue weighted by molar-refractivity contribution is -0.137. The van der Waals surface area contributed by atoms with E-state index in [0.717, 1.165) is 23.4 Å². The van der Waals surface area contributed by atoms with E-state index in [2.05, 4.69) is 10.5 Å². The fraction of sp³-hybridized carbons (Fsp3) is 0.316. The first-order valence-corrected chi connectivity index (χ1v) is 7.99. The zero-order valence-corrected chi connectivity index (χ0v) is 14.0. The van der Waals surface area contributed by atoms with Crippen molar-refractivity contribution >= 4 is 11.4 Å². The van der Waals surface area contributed by atoms with Gasteiger partial charge in [0, 0.05) is 11.3 Å². The number of hydrogen-bond donors (Lipinski definition) is 1. The second kappa shape index (κ2) is 6.43. The standard InChI is InChI=1S/C19H19F3N2O/c1-18(2)16(25-24-17(18)13-6-4-3-5-7-13)12-23-15-10-8-14(9-11-15)19(20,21)22/h3-11,16,23H,12H2,1-2H3. The van der Waals surface area contributed by atoms with Crippen LogP contribution in [0, 0.1) is 5.41 Å². The van der Waals surface area contributed by atoms with Gasteiger partial charge in [0.2, 0.25) is 0 Å². The minimum absolute atomic E-state index is 0.218. The smallest absolute Gasteiger partial charge is 0.389 e. The molecule has 1 heterocycles. The van der Waals surface area contributed by atoms with Gasteiger partial charge in [-0.2, -0.15) is 13.2 Å². The predicted octanol–water partition coefficient (Wildman–Crippen LogP) is 4.95. The molecule has 1 atom stereocenters. The van der Waals surface area contributed by atoms with Gasteiger partial charge in [-0.05, 0) is 24.3 Å². The van der Waals surface area contributed by atoms with E-state index in [4.69, 9.17) is 4.84 Å². The lowest BCUT2D eigenvalue weighted by Crippen LogP contribution is -2.38. The topological polar surface area (TPSA) is 33.6 Å². The maximum absolute atomic E-state index is 12.6. The van der Waals surface area contributed by atoms with Crippen LogP contribution >= 0.6 is 0 Å². The van der Waals surface area contributed by atoms with Gasteiger partial charge in [-0.15, -0.1) is 0 Å². The maximum Gasteiger partial charge on any atom is 0.416 e. The Morgan fingerprint density at radius 2 is 1.68 bits per heavy atom. The fourth-order valence-corrected chi connectivity index (χ4v) is 2.82. The van der Waals surface area contributed by atoms with Gasteiger partial charge in [-0.1, -0.05) is 49.3 Å². The van der Waals surface area contributed by atoms with Gasteiger partial charge in [0.1, 0.15) is 0 Å². The minimum Gasteiger partial charge on any atom is -0.389 e. The summed E-state index contributed by atoms with van der Waals surface area (Å²) in [5, 5.41) is 7.35. The van der Waals surface area contributed by atoms with Crippen molar-refractivity contribution in [1.29, 1.82) is 0 Å². The van der Waals surface area contributed by atoms with Gasteiger partial charge in [0.15, 0.2) is 6.10 Å². The Morgan fingerprint density at radius 3 is 2.28 bits per heavy atom. The Balaban J connectivity index is 1.65. The van der Waals surface area contributed by atoms with E-state index in [9.17, 15) is 13.2 Å². The fourth-order valence-electron chi connectivity index (χ4n) is 2.82. The molecule has 0 fully saturated rings. The van der Waals surface area contributed by atoms with Crippen LogP contribution in [0.2, 0.25) is 0 Å². The van der Waals surface area contributed by atoms with E-state index in [-0.39, 0.29) is 11.5 Å². The van der Waals surface area contributed by atoms with E-state index in [1.807, 2.05) is 44.2 Å². The third kappa shape index (κ3) is 3.62. The van der Waals surface area contributed by atoms with Crippen LogP contribution in [0.4, 0.5) is 18.9 Å². The summed E-state index contributed by atoms with van der Waals surface area (Å²) in [6.07, 6.45) is -4.54. The Bertz CT molecular complexity index is 752. The normalized spacial score (nSPS) is 19.2. The van der Waals surface area contributed by atoms with Gasteiger partial charge >= 0.3 is 6.18 Å². The molecule has 0 amide bonds. The van der Waals surface area contributed by atoms with E-state index < -0.39 is 11.7 Å². The van der Waals surface area contributed by atoms with Crippen molar-refractivity contribution < 1.29 is 18.0 Å². The molecule has 1 aliphatic heterocycles. The molecular weight excluding hydrogens is 329 g/mol. The summed E-state index contributed by atoms with van der Waals surface area (Å²) in [6.45, 7) is 4.54. The molecule has 0 saturated heterocycles. The summed E-state index contributed by atoms with van der Waals surface area (Å²) in [5.41, 5.74) is 1.50. The predicted molar refractivity (Wildman–Crippen MR) is 91.6 cm³/mol. The van der Waals surface area contributed by atoms with Crippen molar-refractivity contribution in [2.24, 2.45) is 10.6 Å². The van der Waals surface area contributed by atoms with Gasteiger partial charge in [0.25, 0.3) is 0 Å². The van der Waals surface area contributed by atoms with Gasteiger partial charge in [0.05, 0.1) is 23.2 Å². The number of oxime groups is 1. The van der Waals surface area contributed by atoms with Crippen LogP contribution in [0.1, 0.15) is 25.0 Å². The van der Waals surface area contributed by atoms with Crippen molar-refractivity contribution in [2.45, 2.75) is 26.1 Å². The van der Waals surface area contributed by atoms with Crippen LogP contribution in [0.3, 0.4) is 0 Å². The number of anilines is 1. The van der Waals surface area contributed by atoms with E-state index in [0.29, 0.717) is 12.2 Å². The third-order valence-corrected chi connectivity index (χ3v) is 4.44. The quantitative estimate of drug-likeness (QED) is 0.848. The molecule has 2 aromatic carbocycles. The molecular formula is C19H19F3N2O. The number of nitrogens with one attached hydrogen (secondary N) is 1. The van der Waals surface area contributed by atoms with Gasteiger partial charge in [-0.3, -0.25) is 0 Å². The highest BCUT2D eigenvalue weighted by molar-refractivity contribution is 6.05. The van der Waals surface area contributed by atoms with Crippen LogP contribution in [0.15, 0.2) is 59.8 Å². The van der Waals surface area contributed by atoms with Crippen molar-refractivity contribution in [3.63, 3.8) is 0 Å². The zero-order valence-electron chi connectivity index (χ0n) is 14.0. The van der Waals surface area contributed by atoms with Crippen LogP contribution < -0.4 is 5.32 Å². The minimum atomic E-state index is -4.33. The molecule has 1 N–H and O–H groups in total. The zero-order chi connectivity index (χ0) is 18.1. The van der Waals surface area contributed by atoms with Crippen LogP contribution in [0.25, 0.3) is 0 Å². The molecule has 1 unspecified atom stereocenters. The number of alkyl halides is 3. The molecule has 0 saturated carbocycles. The van der Waals surface area contributed by atoms with Crippen LogP contribution in [-0.2, 0) is 11.0 Å². The first-order chi connectivity index (χ1) is 11.8. The highest BCUT2D eigenvalue weighted by atomic mass is 19.4. The largest absolute Gasteiger partial charge is 0.416 e. The molecule has 132 valence electrons. The van der Waals surface area contributed by atoms with Gasteiger partial charge in [-0.25, -0.2) is 0 Å². The Labute approximate surface area is 144 Å². The molecule has 1 aliphatic rings. The number of rotatable bonds is 4. The Morgan fingerprint density at radius 1 is 1.04 bits per heavy atom. The average Bonchev–Trinajstić information content (AvgIpc) is 2.87. The second-order valence-corrected chi connectivity index (χ2v) is 6.58. The molecule has 2 aromatic rings. The lowest BCUT2D eigenvalue weighted by atomic mass is 9.79. The van der Waals surface area contributed by atoms with Crippen LogP contribution in [0.5, 0.6) is 0 Å². The van der Waals surface area contributed by atoms with Crippen molar-refractivity contribution in [3.05, 3.63) is 65.7 Å². The summed E-state index contributed by atoms with van der Waals surface area (Å²) < 4.78 is 37.8. The summed E-state index contributed by atoms with van der Waals surface area (Å²) in [6, 6.07) is 14.8. The molecule has 0 aliphatic carbocycles. The number of nitrogens with zero attached hydrogens (tertiary/aromatic N) is 1. The van der Waals surface area contributed by atoms with E-state index in [1.165, 1.54) is 12.1 Å². The maximum atomic E-state index is 12.6. The summed E-state index contributed by atoms with van der Waals surface area (Å²) >= 11 is 0. The lowest BCUT2D eigenvalue weighted by Gasteiger charge is -2.26. The highest BCUT2D eigenvalue weighted by Gasteiger charge is 2.42. The Kier molecular flexibility index (Phi) is 4.45. The Hall–Kier alpha value is -2.50. The van der Waals surface area contributed by atoms with Crippen molar-refractivity contribution in [2.75, 3.05) is 11.9 Å². The average molecular weight is 348 g/mol. The van der Waals surface area contributed by atoms with Crippen molar-refractivity contribution in [1.82, 2.24) is 0 Å². The monoisotopic (exact) mass is 348 g/mol. The van der Waals surface area contributed by atoms with E-state index >= 15 is 0 Å². The molecule has 3 rings (SSSR count). The third-order valence-electron chi connectivity index (χ3n) is 4.44. The van der Waals surface area contributed by atoms with Crippen molar-refractivity contribution in [3.8, 4) is 0 Å². The van der Waals surface area contributed by atoms with Crippen LogP contribution in [-0.4, -0.2) is 18.4 Å². The molecule has 0 radical (unpaired) electrons. The first-order valence-electron chi connectivity index (χ1n) is 7.99. The SMILES string of the molecule is CC1(C)C(c2ccccc2)=NOC1CNc1ccc(C(F)(F)F)cc1. The molecule has 25 heavy (non-hydrogen) atoms. The number of benzene rings is 2. The molecule has 6 heteroatoms. The molecule has 0 aromatic heterocycles. The first kappa shape index (κ1) is 17.3. The molecule has 0 bridgehead atoms. The van der Waals surface area contributed by atoms with Gasteiger partial charge < -0.3 is 10.2 Å². The van der Waals surface area contributed by atoms with E-state index in [1.54, 1.807) is 0 Å². The summed E-state index contributed by atoms with van der Waals surface area (Å²) in [4.78, 5) is 5.58. The highest BCUT2D eigenvalue weighted by Crippen LogP contribution is 2.35. The number of halogens is 3. The summed E-state index contributed by atoms with van der Waals surface area (Å²) in [5.74, 6) is 0. The number of hydrogen-bond acceptors (Lipinski definition) is 3. The molecule has 0 spiro atoms.